The van der Waals surface area contributed by atoms with Gasteiger partial charge in [-0.25, -0.2) is 9.78 Å². The number of nitrogens with zero attached hydrogens (tertiary/aromatic N) is 3. The Labute approximate surface area is 202 Å². The van der Waals surface area contributed by atoms with Gasteiger partial charge in [-0.2, -0.15) is 18.4 Å². The van der Waals surface area contributed by atoms with E-state index in [1.807, 2.05) is 6.07 Å². The number of aryl methyl sites for hydroxylation is 1. The lowest BCUT2D eigenvalue weighted by molar-refractivity contribution is -0.137. The van der Waals surface area contributed by atoms with Crippen molar-refractivity contribution < 1.29 is 32.0 Å². The van der Waals surface area contributed by atoms with Gasteiger partial charge in [0.2, 0.25) is 0 Å². The molecule has 1 amide bonds. The van der Waals surface area contributed by atoms with E-state index in [-0.39, 0.29) is 40.0 Å². The highest BCUT2D eigenvalue weighted by atomic mass is 19.4. The molecule has 1 N–H and O–H groups in total. The molecule has 0 bridgehead atoms. The maximum atomic E-state index is 13.5. The lowest BCUT2D eigenvalue weighted by atomic mass is 10.0. The fraction of sp³-hybridized carbons (Fsp3) is 0.160. The molecule has 0 spiro atoms. The molecular formula is C25H17F3N4O4. The second-order valence-electron chi connectivity index (χ2n) is 7.70. The third-order valence-corrected chi connectivity index (χ3v) is 5.20. The number of carbonyl (C=O) groups is 2. The summed E-state index contributed by atoms with van der Waals surface area (Å²) in [4.78, 5) is 29.3. The first-order valence-corrected chi connectivity index (χ1v) is 10.5. The number of nitriles is 1. The number of fused-ring (bicyclic) bond motifs is 1. The fourth-order valence-electron chi connectivity index (χ4n) is 3.55. The molecular weight excluding hydrogens is 477 g/mol. The molecule has 2 heterocycles. The van der Waals surface area contributed by atoms with Crippen LogP contribution in [0.2, 0.25) is 0 Å². The Bertz CT molecular complexity index is 1490. The summed E-state index contributed by atoms with van der Waals surface area (Å²) in [7, 11) is 0. The molecule has 36 heavy (non-hydrogen) atoms. The van der Waals surface area contributed by atoms with Crippen LogP contribution in [0.4, 0.5) is 18.9 Å². The number of nitrogens with one attached hydrogen (secondary N) is 1. The number of benzene rings is 2. The number of anilines is 1. The monoisotopic (exact) mass is 494 g/mol. The predicted octanol–water partition coefficient (Wildman–Crippen LogP) is 5.08. The highest BCUT2D eigenvalue weighted by Crippen LogP contribution is 2.37. The second-order valence-corrected chi connectivity index (χ2v) is 7.70. The van der Waals surface area contributed by atoms with Crippen molar-refractivity contribution >= 4 is 28.7 Å². The number of amides is 1. The normalized spacial score (nSPS) is 11.2. The van der Waals surface area contributed by atoms with Crippen LogP contribution in [0.15, 0.2) is 59.1 Å². The largest absolute Gasteiger partial charge is 0.452 e. The molecule has 0 saturated carbocycles. The van der Waals surface area contributed by atoms with Crippen LogP contribution in [0.1, 0.15) is 27.2 Å². The summed E-state index contributed by atoms with van der Waals surface area (Å²) in [6.07, 6.45) is -4.43. The molecule has 0 aliphatic rings. The average molecular weight is 494 g/mol. The molecule has 182 valence electrons. The van der Waals surface area contributed by atoms with Gasteiger partial charge in [0.1, 0.15) is 0 Å². The second kappa shape index (κ2) is 9.87. The van der Waals surface area contributed by atoms with E-state index < -0.39 is 30.2 Å². The van der Waals surface area contributed by atoms with Crippen molar-refractivity contribution in [2.45, 2.75) is 19.5 Å². The number of carbonyl (C=O) groups excluding carboxylic acids is 2. The van der Waals surface area contributed by atoms with Gasteiger partial charge >= 0.3 is 12.1 Å². The van der Waals surface area contributed by atoms with Crippen LogP contribution < -0.4 is 5.32 Å². The maximum Gasteiger partial charge on any atom is 0.417 e. The average Bonchev–Trinajstić information content (AvgIpc) is 3.23. The molecule has 4 aromatic rings. The molecule has 0 unspecified atom stereocenters. The molecule has 0 aliphatic carbocycles. The van der Waals surface area contributed by atoms with Gasteiger partial charge < -0.3 is 14.6 Å². The molecule has 0 saturated heterocycles. The lowest BCUT2D eigenvalue weighted by Gasteiger charge is -2.13. The Morgan fingerprint density at radius 1 is 1.14 bits per heavy atom. The summed E-state index contributed by atoms with van der Waals surface area (Å²) in [5.74, 6) is -1.59. The smallest absolute Gasteiger partial charge is 0.417 e. The molecule has 11 heteroatoms. The number of pyridine rings is 1. The quantitative estimate of drug-likeness (QED) is 0.372. The van der Waals surface area contributed by atoms with Crippen molar-refractivity contribution in [3.05, 3.63) is 77.0 Å². The lowest BCUT2D eigenvalue weighted by Crippen LogP contribution is -2.21. The van der Waals surface area contributed by atoms with Gasteiger partial charge in [-0.15, -0.1) is 0 Å². The highest BCUT2D eigenvalue weighted by molar-refractivity contribution is 6.05. The summed E-state index contributed by atoms with van der Waals surface area (Å²) in [5, 5.41) is 15.2. The van der Waals surface area contributed by atoms with Crippen LogP contribution in [0.5, 0.6) is 0 Å². The van der Waals surface area contributed by atoms with Crippen molar-refractivity contribution in [3.63, 3.8) is 0 Å². The van der Waals surface area contributed by atoms with Gasteiger partial charge in [-0.05, 0) is 36.8 Å². The van der Waals surface area contributed by atoms with E-state index in [1.54, 1.807) is 24.3 Å². The molecule has 0 aliphatic heterocycles. The summed E-state index contributed by atoms with van der Waals surface area (Å²) in [6.45, 7) is 0.887. The van der Waals surface area contributed by atoms with Gasteiger partial charge in [0.25, 0.3) is 11.6 Å². The topological polar surface area (TPSA) is 118 Å². The fourth-order valence-corrected chi connectivity index (χ4v) is 3.55. The highest BCUT2D eigenvalue weighted by Gasteiger charge is 2.34. The van der Waals surface area contributed by atoms with Crippen LogP contribution in [-0.4, -0.2) is 28.6 Å². The van der Waals surface area contributed by atoms with Crippen LogP contribution in [0, 0.1) is 18.3 Å². The molecule has 0 radical (unpaired) electrons. The third-order valence-electron chi connectivity index (χ3n) is 5.20. The molecule has 0 fully saturated rings. The van der Waals surface area contributed by atoms with E-state index in [0.717, 1.165) is 17.7 Å². The molecule has 0 atom stereocenters. The number of ether oxygens (including phenoxy) is 1. The minimum Gasteiger partial charge on any atom is -0.452 e. The SMILES string of the molecule is Cc1noc2nc(-c3ccccc3C(F)(F)F)cc(C(=O)OCC(=O)Nc3ccc(CC#N)cc3)c12. The van der Waals surface area contributed by atoms with Gasteiger partial charge in [0.05, 0.1) is 40.4 Å². The summed E-state index contributed by atoms with van der Waals surface area (Å²) < 4.78 is 50.9. The molecule has 2 aromatic carbocycles. The summed E-state index contributed by atoms with van der Waals surface area (Å²) >= 11 is 0. The number of esters is 1. The molecule has 8 nitrogen and oxygen atoms in total. The van der Waals surface area contributed by atoms with E-state index >= 15 is 0 Å². The number of halogens is 3. The predicted molar refractivity (Wildman–Crippen MR) is 122 cm³/mol. The first-order chi connectivity index (χ1) is 17.2. The molecule has 2 aromatic heterocycles. The Kier molecular flexibility index (Phi) is 6.69. The summed E-state index contributed by atoms with van der Waals surface area (Å²) in [5.41, 5.74) is -0.154. The minimum absolute atomic E-state index is 0.139. The number of aromatic nitrogens is 2. The number of rotatable bonds is 6. The first kappa shape index (κ1) is 24.4. The van der Waals surface area contributed by atoms with E-state index in [2.05, 4.69) is 15.5 Å². The van der Waals surface area contributed by atoms with E-state index in [0.29, 0.717) is 5.69 Å². The molecule has 4 rings (SSSR count). The number of alkyl halides is 3. The Balaban J connectivity index is 1.58. The minimum atomic E-state index is -4.66. The van der Waals surface area contributed by atoms with Crippen LogP contribution in [0.25, 0.3) is 22.4 Å². The van der Waals surface area contributed by atoms with E-state index in [1.165, 1.54) is 25.1 Å². The van der Waals surface area contributed by atoms with Crippen molar-refractivity contribution in [2.75, 3.05) is 11.9 Å². The van der Waals surface area contributed by atoms with Crippen LogP contribution in [0.3, 0.4) is 0 Å². The van der Waals surface area contributed by atoms with Crippen molar-refractivity contribution in [1.82, 2.24) is 10.1 Å². The standard InChI is InChI=1S/C25H17F3N4O4/c1-14-22-18(24(34)35-13-21(33)30-16-8-6-15(7-9-16)10-11-29)12-20(31-23(22)36-32-14)17-4-2-3-5-19(17)25(26,27)28/h2-9,12H,10,13H2,1H3,(H,30,33). The number of hydrogen-bond donors (Lipinski definition) is 1. The van der Waals surface area contributed by atoms with Gasteiger partial charge in [0.15, 0.2) is 6.61 Å². The van der Waals surface area contributed by atoms with E-state index in [4.69, 9.17) is 14.5 Å². The van der Waals surface area contributed by atoms with Gasteiger partial charge in [-0.1, -0.05) is 35.5 Å². The van der Waals surface area contributed by atoms with Crippen LogP contribution in [-0.2, 0) is 22.1 Å². The zero-order valence-electron chi connectivity index (χ0n) is 18.7. The van der Waals surface area contributed by atoms with Crippen LogP contribution >= 0.6 is 0 Å². The zero-order chi connectivity index (χ0) is 25.9. The first-order valence-electron chi connectivity index (χ1n) is 10.5. The van der Waals surface area contributed by atoms with Crippen molar-refractivity contribution in [1.29, 1.82) is 5.26 Å². The van der Waals surface area contributed by atoms with Gasteiger partial charge in [-0.3, -0.25) is 4.79 Å². The Hall–Kier alpha value is -4.72. The Morgan fingerprint density at radius 3 is 2.56 bits per heavy atom. The summed E-state index contributed by atoms with van der Waals surface area (Å²) in [6, 6.07) is 14.5. The van der Waals surface area contributed by atoms with E-state index in [9.17, 15) is 22.8 Å². The Morgan fingerprint density at radius 2 is 1.86 bits per heavy atom. The van der Waals surface area contributed by atoms with Crippen molar-refractivity contribution in [3.8, 4) is 17.3 Å². The zero-order valence-corrected chi connectivity index (χ0v) is 18.7. The van der Waals surface area contributed by atoms with Gasteiger partial charge in [0, 0.05) is 11.3 Å². The number of hydrogen-bond acceptors (Lipinski definition) is 7. The maximum absolute atomic E-state index is 13.5. The third kappa shape index (κ3) is 5.17. The van der Waals surface area contributed by atoms with Crippen molar-refractivity contribution in [2.24, 2.45) is 0 Å².